The number of imidazole rings is 1. The number of aliphatic hydroxyl groups is 1. The van der Waals surface area contributed by atoms with Gasteiger partial charge in [-0.3, -0.25) is 19.2 Å². The third-order valence-electron chi connectivity index (χ3n) is 10.4. The summed E-state index contributed by atoms with van der Waals surface area (Å²) in [5.41, 5.74) is 2.59. The number of hydrogen-bond donors (Lipinski definition) is 3. The molecule has 0 spiro atoms. The second-order valence-corrected chi connectivity index (χ2v) is 16.3. The first-order valence-electron chi connectivity index (χ1n) is 20.4. The van der Waals surface area contributed by atoms with E-state index in [1.165, 1.54) is 13.0 Å². The zero-order valence-corrected chi connectivity index (χ0v) is 37.0. The average molecular weight is 919 g/mol. The molecule has 4 aromatic rings. The van der Waals surface area contributed by atoms with Gasteiger partial charge in [0.1, 0.15) is 35.2 Å². The summed E-state index contributed by atoms with van der Waals surface area (Å²) in [5.74, 6) is -1.94. The number of rotatable bonds is 14. The van der Waals surface area contributed by atoms with Crippen LogP contribution in [0.5, 0.6) is 17.2 Å². The molecule has 63 heavy (non-hydrogen) atoms. The van der Waals surface area contributed by atoms with Crippen molar-refractivity contribution < 1.29 is 46.9 Å². The zero-order valence-electron chi connectivity index (χ0n) is 35.5. The molecule has 5 rings (SSSR count). The number of carbonyl (C=O) groups excluding carboxylic acids is 4. The van der Waals surface area contributed by atoms with Gasteiger partial charge in [0, 0.05) is 61.2 Å². The lowest BCUT2D eigenvalue weighted by Crippen LogP contribution is -2.55. The fraction of sp³-hybridized carbons (Fsp3) is 0.432. The van der Waals surface area contributed by atoms with E-state index < -0.39 is 55.7 Å². The number of amides is 4. The van der Waals surface area contributed by atoms with Gasteiger partial charge >= 0.3 is 6.18 Å². The second-order valence-electron chi connectivity index (χ2n) is 15.5. The fourth-order valence-corrected chi connectivity index (χ4v) is 7.26. The lowest BCUT2D eigenvalue weighted by Gasteiger charge is -2.31. The molecular formula is C44H52Cl2F3N7O7. The average Bonchev–Trinajstić information content (AvgIpc) is 3.59. The number of carbonyl (C=O) groups is 4. The summed E-state index contributed by atoms with van der Waals surface area (Å²) in [4.78, 5) is 64.0. The van der Waals surface area contributed by atoms with Crippen LogP contribution in [0.1, 0.15) is 49.6 Å². The van der Waals surface area contributed by atoms with E-state index in [0.29, 0.717) is 37.4 Å². The van der Waals surface area contributed by atoms with Gasteiger partial charge in [0.05, 0.1) is 37.2 Å². The molecule has 1 aromatic heterocycles. The summed E-state index contributed by atoms with van der Waals surface area (Å²) in [6, 6.07) is 13.9. The minimum Gasteiger partial charge on any atom is -0.484 e. The van der Waals surface area contributed by atoms with Gasteiger partial charge in [-0.25, -0.2) is 4.98 Å². The molecule has 1 aliphatic heterocycles. The number of alkyl halides is 3. The van der Waals surface area contributed by atoms with Crippen molar-refractivity contribution >= 4 is 46.8 Å². The number of nitrogens with zero attached hydrogens (tertiary/aromatic N) is 5. The van der Waals surface area contributed by atoms with Crippen molar-refractivity contribution in [2.24, 2.45) is 7.05 Å². The van der Waals surface area contributed by atoms with Gasteiger partial charge in [0.2, 0.25) is 23.6 Å². The van der Waals surface area contributed by atoms with Crippen molar-refractivity contribution in [2.45, 2.75) is 70.4 Å². The maximum atomic E-state index is 14.3. The Morgan fingerprint density at radius 2 is 1.62 bits per heavy atom. The summed E-state index contributed by atoms with van der Waals surface area (Å²) in [5, 5.41) is 15.8. The van der Waals surface area contributed by atoms with Crippen molar-refractivity contribution in [2.75, 3.05) is 46.9 Å². The Hall–Kier alpha value is -5.36. The predicted octanol–water partition coefficient (Wildman–Crippen LogP) is 6.14. The molecule has 340 valence electrons. The summed E-state index contributed by atoms with van der Waals surface area (Å²) < 4.78 is 54.3. The highest BCUT2D eigenvalue weighted by atomic mass is 35.5. The molecule has 1 aliphatic rings. The second kappa shape index (κ2) is 22.3. The largest absolute Gasteiger partial charge is 0.484 e. The van der Waals surface area contributed by atoms with Crippen molar-refractivity contribution in [3.8, 4) is 28.5 Å². The Bertz CT molecular complexity index is 2210. The summed E-state index contributed by atoms with van der Waals surface area (Å²) in [6.07, 6.45) is -2.06. The molecule has 3 aromatic carbocycles. The van der Waals surface area contributed by atoms with Crippen molar-refractivity contribution in [3.63, 3.8) is 0 Å². The van der Waals surface area contributed by atoms with Gasteiger partial charge in [0.25, 0.3) is 0 Å². The summed E-state index contributed by atoms with van der Waals surface area (Å²) in [7, 11) is 5.77. The van der Waals surface area contributed by atoms with Gasteiger partial charge in [0.15, 0.2) is 6.61 Å². The lowest BCUT2D eigenvalue weighted by molar-refractivity contribution is -0.153. The molecule has 0 bridgehead atoms. The van der Waals surface area contributed by atoms with Crippen molar-refractivity contribution in [1.29, 1.82) is 0 Å². The molecule has 0 saturated carbocycles. The number of ether oxygens (including phenoxy) is 2. The quantitative estimate of drug-likeness (QED) is 0.135. The number of aliphatic hydroxyl groups excluding tert-OH is 1. The highest BCUT2D eigenvalue weighted by Crippen LogP contribution is 2.38. The van der Waals surface area contributed by atoms with Gasteiger partial charge in [-0.2, -0.15) is 13.2 Å². The van der Waals surface area contributed by atoms with Crippen LogP contribution < -0.4 is 20.1 Å². The number of hydrogen-bond acceptors (Lipinski definition) is 9. The predicted molar refractivity (Wildman–Crippen MR) is 231 cm³/mol. The van der Waals surface area contributed by atoms with Crippen LogP contribution >= 0.6 is 23.2 Å². The highest BCUT2D eigenvalue weighted by Gasteiger charge is 2.34. The number of aryl methyl sites for hydroxylation is 1. The maximum absolute atomic E-state index is 14.3. The maximum Gasteiger partial charge on any atom is 0.422 e. The zero-order chi connectivity index (χ0) is 45.8. The fourth-order valence-electron chi connectivity index (χ4n) is 6.94. The van der Waals surface area contributed by atoms with Crippen LogP contribution in [0.15, 0.2) is 66.9 Å². The molecule has 4 amide bonds. The van der Waals surface area contributed by atoms with Gasteiger partial charge in [-0.15, -0.1) is 0 Å². The third-order valence-corrected chi connectivity index (χ3v) is 10.8. The molecule has 0 aliphatic carbocycles. The molecule has 19 heteroatoms. The summed E-state index contributed by atoms with van der Waals surface area (Å²) in [6.45, 7) is -0.336. The number of nitrogens with one attached hydrogen (secondary N) is 2. The van der Waals surface area contributed by atoms with Crippen LogP contribution in [-0.4, -0.2) is 118 Å². The van der Waals surface area contributed by atoms with E-state index in [9.17, 15) is 37.5 Å². The first kappa shape index (κ1) is 48.7. The number of halogens is 5. The molecule has 0 radical (unpaired) electrons. The van der Waals surface area contributed by atoms with Crippen LogP contribution in [0.2, 0.25) is 10.0 Å². The molecule has 1 saturated heterocycles. The Morgan fingerprint density at radius 3 is 2.29 bits per heavy atom. The van der Waals surface area contributed by atoms with E-state index >= 15 is 0 Å². The third kappa shape index (κ3) is 14.1. The van der Waals surface area contributed by atoms with Gasteiger partial charge < -0.3 is 44.5 Å². The van der Waals surface area contributed by atoms with Crippen molar-refractivity contribution in [3.05, 3.63) is 93.9 Å². The Balaban J connectivity index is 1.46. The van der Waals surface area contributed by atoms with Crippen LogP contribution in [-0.2, 0) is 45.7 Å². The van der Waals surface area contributed by atoms with Crippen LogP contribution in [0.25, 0.3) is 11.3 Å². The van der Waals surface area contributed by atoms with E-state index in [1.54, 1.807) is 47.5 Å². The molecule has 2 heterocycles. The Labute approximate surface area is 374 Å². The first-order chi connectivity index (χ1) is 29.9. The topological polar surface area (TPSA) is 159 Å². The molecule has 0 unspecified atom stereocenters. The van der Waals surface area contributed by atoms with Gasteiger partial charge in [-0.1, -0.05) is 35.3 Å². The molecule has 1 fully saturated rings. The monoisotopic (exact) mass is 917 g/mol. The van der Waals surface area contributed by atoms with Crippen LogP contribution in [0.3, 0.4) is 0 Å². The molecule has 3 N–H and O–H groups in total. The van der Waals surface area contributed by atoms with E-state index in [-0.39, 0.29) is 59.7 Å². The lowest BCUT2D eigenvalue weighted by atomic mass is 10.1. The first-order valence-corrected chi connectivity index (χ1v) is 21.1. The van der Waals surface area contributed by atoms with E-state index in [0.717, 1.165) is 33.6 Å². The van der Waals surface area contributed by atoms with Crippen LogP contribution in [0, 0.1) is 0 Å². The van der Waals surface area contributed by atoms with E-state index in [1.807, 2.05) is 42.7 Å². The standard InChI is InChI=1S/C44H52Cl2F3N7O7/c1-28-42(60)52-35(26-57)43(61)50-18-6-20-55(19-5-7-29-8-12-31(45)13-9-29)40(58)16-17-41(59)56(28)24-34-37(62-27-44(47,48)49)21-32(46)22-38(34)63-33-14-10-30(11-15-33)36-23-51-39(54(36)4)25-53(2)3/h8-15,21-23,28,35,57H,5-7,16-20,24-27H2,1-4H3,(H,50,61)(H,52,60)/t28-,35-/m0/s1. The van der Waals surface area contributed by atoms with E-state index in [4.69, 9.17) is 32.7 Å². The summed E-state index contributed by atoms with van der Waals surface area (Å²) >= 11 is 12.5. The Kier molecular flexibility index (Phi) is 17.2. The van der Waals surface area contributed by atoms with Crippen LogP contribution in [0.4, 0.5) is 13.2 Å². The minimum absolute atomic E-state index is 0.0430. The Morgan fingerprint density at radius 1 is 0.937 bits per heavy atom. The molecular weight excluding hydrogens is 866 g/mol. The smallest absolute Gasteiger partial charge is 0.422 e. The number of benzene rings is 3. The normalized spacial score (nSPS) is 17.3. The molecule has 2 atom stereocenters. The van der Waals surface area contributed by atoms with Crippen molar-refractivity contribution in [1.82, 2.24) is 34.9 Å². The van der Waals surface area contributed by atoms with E-state index in [2.05, 4.69) is 15.6 Å². The van der Waals surface area contributed by atoms with Gasteiger partial charge in [-0.05, 0) is 88.3 Å². The highest BCUT2D eigenvalue weighted by molar-refractivity contribution is 6.31. The molecule has 14 nitrogen and oxygen atoms in total. The number of aromatic nitrogens is 2. The minimum atomic E-state index is -4.76. The SMILES string of the molecule is C[C@H]1C(=O)N[C@@H](CO)C(=O)NCCCN(CCCc2ccc(Cl)cc2)C(=O)CCC(=O)N1Cc1c(OCC(F)(F)F)cc(Cl)cc1Oc1ccc(-c2cnc(CN(C)C)n2C)cc1.